The van der Waals surface area contributed by atoms with E-state index in [1.807, 2.05) is 48.5 Å². The first kappa shape index (κ1) is 11.4. The SMILES string of the molecule is NC1=NC(c2ccccc2)=C[N+]12NC2c1ccccc1. The van der Waals surface area contributed by atoms with Crippen LogP contribution in [-0.2, 0) is 0 Å². The van der Waals surface area contributed by atoms with Crippen LogP contribution in [0.4, 0.5) is 0 Å². The third kappa shape index (κ3) is 1.59. The van der Waals surface area contributed by atoms with Crippen LogP contribution in [0.3, 0.4) is 0 Å². The third-order valence-electron chi connectivity index (χ3n) is 3.80. The Hall–Kier alpha value is -2.43. The molecule has 2 atom stereocenters. The molecule has 4 rings (SSSR count). The summed E-state index contributed by atoms with van der Waals surface area (Å²) in [6.07, 6.45) is 2.25. The molecule has 2 aliphatic heterocycles. The summed E-state index contributed by atoms with van der Waals surface area (Å²) >= 11 is 0. The average Bonchev–Trinajstić information content (AvgIpc) is 3.14. The van der Waals surface area contributed by atoms with E-state index in [1.165, 1.54) is 5.56 Å². The van der Waals surface area contributed by atoms with E-state index in [0.29, 0.717) is 10.6 Å². The summed E-state index contributed by atoms with van der Waals surface area (Å²) in [6.45, 7) is 0. The van der Waals surface area contributed by atoms with Crippen molar-refractivity contribution < 1.29 is 4.59 Å². The minimum absolute atomic E-state index is 0.168. The van der Waals surface area contributed by atoms with Crippen molar-refractivity contribution in [2.24, 2.45) is 10.7 Å². The number of hydrogen-bond acceptors (Lipinski definition) is 3. The lowest BCUT2D eigenvalue weighted by atomic mass is 10.2. The van der Waals surface area contributed by atoms with Crippen molar-refractivity contribution in [3.05, 3.63) is 78.0 Å². The maximum absolute atomic E-state index is 6.14. The predicted molar refractivity (Wildman–Crippen MR) is 78.6 cm³/mol. The highest BCUT2D eigenvalue weighted by molar-refractivity contribution is 5.85. The molecule has 2 aliphatic rings. The summed E-state index contributed by atoms with van der Waals surface area (Å²) in [4.78, 5) is 4.52. The van der Waals surface area contributed by atoms with Crippen LogP contribution in [-0.4, -0.2) is 10.6 Å². The Morgan fingerprint density at radius 2 is 1.60 bits per heavy atom. The smallest absolute Gasteiger partial charge is 0.327 e. The molecule has 4 nitrogen and oxygen atoms in total. The molecular weight excluding hydrogens is 248 g/mol. The van der Waals surface area contributed by atoms with Crippen molar-refractivity contribution in [3.63, 3.8) is 0 Å². The highest BCUT2D eigenvalue weighted by Crippen LogP contribution is 2.43. The molecule has 0 saturated carbocycles. The summed E-state index contributed by atoms with van der Waals surface area (Å²) in [7, 11) is 0. The van der Waals surface area contributed by atoms with Gasteiger partial charge in [-0.05, 0) is 0 Å². The molecule has 0 bridgehead atoms. The average molecular weight is 263 g/mol. The summed E-state index contributed by atoms with van der Waals surface area (Å²) in [5.74, 6) is 0.595. The van der Waals surface area contributed by atoms with E-state index in [-0.39, 0.29) is 6.17 Å². The molecule has 2 aromatic rings. The van der Waals surface area contributed by atoms with Gasteiger partial charge in [0.05, 0.1) is 0 Å². The highest BCUT2D eigenvalue weighted by atomic mass is 15.9. The van der Waals surface area contributed by atoms with E-state index in [2.05, 4.69) is 28.8 Å². The van der Waals surface area contributed by atoms with Crippen LogP contribution in [0.15, 0.2) is 71.9 Å². The van der Waals surface area contributed by atoms with Gasteiger partial charge in [-0.25, -0.2) is 0 Å². The van der Waals surface area contributed by atoms with Crippen molar-refractivity contribution in [2.45, 2.75) is 6.17 Å². The van der Waals surface area contributed by atoms with E-state index in [4.69, 9.17) is 5.73 Å². The minimum atomic E-state index is 0.168. The normalized spacial score (nSPS) is 27.3. The van der Waals surface area contributed by atoms with Gasteiger partial charge in [-0.15, -0.1) is 4.59 Å². The fourth-order valence-electron chi connectivity index (χ4n) is 2.67. The zero-order valence-electron chi connectivity index (χ0n) is 10.9. The van der Waals surface area contributed by atoms with E-state index in [1.54, 1.807) is 0 Å². The van der Waals surface area contributed by atoms with Crippen molar-refractivity contribution in [1.82, 2.24) is 5.43 Å². The number of guanidine groups is 1. The summed E-state index contributed by atoms with van der Waals surface area (Å²) in [5.41, 5.74) is 12.8. The molecule has 0 aliphatic carbocycles. The number of rotatable bonds is 2. The van der Waals surface area contributed by atoms with Crippen LogP contribution >= 0.6 is 0 Å². The number of hydrogen-bond donors (Lipinski definition) is 2. The molecule has 2 heterocycles. The predicted octanol–water partition coefficient (Wildman–Crippen LogP) is 2.35. The first-order valence-electron chi connectivity index (χ1n) is 6.64. The largest absolute Gasteiger partial charge is 0.336 e. The number of nitrogens with zero attached hydrogens (tertiary/aromatic N) is 2. The Bertz CT molecular complexity index is 706. The fourth-order valence-corrected chi connectivity index (χ4v) is 2.67. The Kier molecular flexibility index (Phi) is 2.30. The monoisotopic (exact) mass is 263 g/mol. The Morgan fingerprint density at radius 3 is 2.30 bits per heavy atom. The number of nitrogens with one attached hydrogen (secondary N) is 1. The molecule has 3 N–H and O–H groups in total. The lowest BCUT2D eigenvalue weighted by molar-refractivity contribution is -0.683. The second-order valence-corrected chi connectivity index (χ2v) is 5.07. The first-order valence-corrected chi connectivity index (χ1v) is 6.64. The van der Waals surface area contributed by atoms with Gasteiger partial charge >= 0.3 is 5.96 Å². The Balaban J connectivity index is 1.69. The Morgan fingerprint density at radius 1 is 0.950 bits per heavy atom. The molecule has 1 spiro atoms. The second kappa shape index (κ2) is 4.03. The third-order valence-corrected chi connectivity index (χ3v) is 3.80. The van der Waals surface area contributed by atoms with Crippen LogP contribution < -0.4 is 11.2 Å². The number of nitrogens with two attached hydrogens (primary N) is 1. The zero-order valence-corrected chi connectivity index (χ0v) is 10.9. The van der Waals surface area contributed by atoms with E-state index in [0.717, 1.165) is 11.3 Å². The van der Waals surface area contributed by atoms with Gasteiger partial charge in [0.1, 0.15) is 5.70 Å². The number of benzene rings is 2. The molecule has 2 unspecified atom stereocenters. The lowest BCUT2D eigenvalue weighted by Crippen LogP contribution is -2.35. The van der Waals surface area contributed by atoms with Gasteiger partial charge in [0.25, 0.3) is 0 Å². The standard InChI is InChI=1S/C16H15N4/c17-16-18-14(12-7-3-1-4-8-12)11-20(16)15(19-20)13-9-5-2-6-10-13/h1-11,15,19H,(H2,17,18)/q+1. The van der Waals surface area contributed by atoms with Crippen LogP contribution in [0.1, 0.15) is 17.3 Å². The van der Waals surface area contributed by atoms with E-state index >= 15 is 0 Å². The van der Waals surface area contributed by atoms with Crippen LogP contribution in [0.5, 0.6) is 0 Å². The lowest BCUT2D eigenvalue weighted by Gasteiger charge is -2.03. The summed E-state index contributed by atoms with van der Waals surface area (Å²) in [6, 6.07) is 20.4. The van der Waals surface area contributed by atoms with Gasteiger partial charge < -0.3 is 5.73 Å². The molecule has 1 saturated heterocycles. The van der Waals surface area contributed by atoms with Crippen LogP contribution in [0.25, 0.3) is 5.70 Å². The second-order valence-electron chi connectivity index (χ2n) is 5.07. The topological polar surface area (TPSA) is 60.3 Å². The summed E-state index contributed by atoms with van der Waals surface area (Å²) in [5, 5.41) is 0. The van der Waals surface area contributed by atoms with E-state index < -0.39 is 0 Å². The van der Waals surface area contributed by atoms with Crippen LogP contribution in [0, 0.1) is 0 Å². The van der Waals surface area contributed by atoms with Crippen molar-refractivity contribution in [3.8, 4) is 0 Å². The molecule has 98 valence electrons. The molecule has 0 amide bonds. The van der Waals surface area contributed by atoms with Gasteiger partial charge in [0.2, 0.25) is 6.17 Å². The maximum Gasteiger partial charge on any atom is 0.327 e. The van der Waals surface area contributed by atoms with Gasteiger partial charge in [0.15, 0.2) is 6.20 Å². The highest BCUT2D eigenvalue weighted by Gasteiger charge is 2.61. The molecule has 0 radical (unpaired) electrons. The minimum Gasteiger partial charge on any atom is -0.336 e. The molecule has 0 aromatic heterocycles. The molecule has 1 fully saturated rings. The molecule has 4 heteroatoms. The van der Waals surface area contributed by atoms with Gasteiger partial charge in [-0.1, -0.05) is 66.1 Å². The molecule has 2 aromatic carbocycles. The van der Waals surface area contributed by atoms with Crippen molar-refractivity contribution in [1.29, 1.82) is 0 Å². The fraction of sp³-hybridized carbons (Fsp3) is 0.0625. The van der Waals surface area contributed by atoms with Gasteiger partial charge in [-0.3, -0.25) is 0 Å². The molecule has 20 heavy (non-hydrogen) atoms. The maximum atomic E-state index is 6.14. The van der Waals surface area contributed by atoms with Gasteiger partial charge in [-0.2, -0.15) is 4.99 Å². The van der Waals surface area contributed by atoms with Crippen LogP contribution in [0.2, 0.25) is 0 Å². The zero-order chi connectivity index (χ0) is 13.6. The van der Waals surface area contributed by atoms with Crippen molar-refractivity contribution in [2.75, 3.05) is 0 Å². The van der Waals surface area contributed by atoms with Gasteiger partial charge in [0, 0.05) is 11.1 Å². The summed E-state index contributed by atoms with van der Waals surface area (Å²) < 4.78 is 0.439. The van der Waals surface area contributed by atoms with E-state index in [9.17, 15) is 0 Å². The Labute approximate surface area is 117 Å². The number of quaternary nitrogens is 1. The van der Waals surface area contributed by atoms with Crippen molar-refractivity contribution >= 4 is 11.7 Å². The molecular formula is C16H15N4+. The quantitative estimate of drug-likeness (QED) is 0.645. The number of aliphatic imine (C=N–C) groups is 1. The first-order chi connectivity index (χ1) is 9.79.